The van der Waals surface area contributed by atoms with Gasteiger partial charge in [-0.2, -0.15) is 13.2 Å². The number of halogens is 3. The van der Waals surface area contributed by atoms with Crippen molar-refractivity contribution >= 4 is 34.4 Å². The molecule has 0 bridgehead atoms. The van der Waals surface area contributed by atoms with Crippen molar-refractivity contribution in [2.75, 3.05) is 35.7 Å². The first-order valence-electron chi connectivity index (χ1n) is 9.72. The number of carbonyl (C=O) groups excluding carboxylic acids is 2. The monoisotopic (exact) mass is 431 g/mol. The first kappa shape index (κ1) is 20.8. The zero-order chi connectivity index (χ0) is 22.2. The molecule has 0 atom stereocenters. The smallest absolute Gasteiger partial charge is 0.416 e. The van der Waals surface area contributed by atoms with E-state index in [0.717, 1.165) is 17.8 Å². The van der Waals surface area contributed by atoms with Gasteiger partial charge in [0.2, 0.25) is 11.8 Å². The van der Waals surface area contributed by atoms with Gasteiger partial charge in [-0.25, -0.2) is 0 Å². The Morgan fingerprint density at radius 3 is 2.81 bits per heavy atom. The van der Waals surface area contributed by atoms with Crippen molar-refractivity contribution in [3.05, 3.63) is 53.6 Å². The molecule has 2 aliphatic heterocycles. The Bertz CT molecular complexity index is 1080. The minimum atomic E-state index is -4.47. The predicted molar refractivity (Wildman–Crippen MR) is 111 cm³/mol. The lowest BCUT2D eigenvalue weighted by Gasteiger charge is -2.27. The molecule has 2 N–H and O–H groups in total. The van der Waals surface area contributed by atoms with Gasteiger partial charge in [0.25, 0.3) is 0 Å². The third-order valence-electron chi connectivity index (χ3n) is 5.14. The molecule has 2 aromatic carbocycles. The van der Waals surface area contributed by atoms with Crippen molar-refractivity contribution < 1.29 is 27.5 Å². The second-order valence-corrected chi connectivity index (χ2v) is 7.46. The molecule has 0 saturated heterocycles. The minimum Gasteiger partial charge on any atom is -0.493 e. The Labute approximate surface area is 176 Å². The maximum atomic E-state index is 13.0. The third-order valence-corrected chi connectivity index (χ3v) is 5.14. The molecule has 0 saturated carbocycles. The van der Waals surface area contributed by atoms with E-state index in [4.69, 9.17) is 4.74 Å². The second-order valence-electron chi connectivity index (χ2n) is 7.46. The van der Waals surface area contributed by atoms with Gasteiger partial charge in [-0.3, -0.25) is 9.59 Å². The summed E-state index contributed by atoms with van der Waals surface area (Å²) in [6.07, 6.45) is -2.02. The van der Waals surface area contributed by atoms with E-state index in [1.807, 2.05) is 0 Å². The summed E-state index contributed by atoms with van der Waals surface area (Å²) in [5, 5.41) is 5.52. The summed E-state index contributed by atoms with van der Waals surface area (Å²) in [5.41, 5.74) is 2.21. The molecule has 6 nitrogen and oxygen atoms in total. The van der Waals surface area contributed by atoms with E-state index in [0.29, 0.717) is 35.4 Å². The van der Waals surface area contributed by atoms with Gasteiger partial charge in [-0.15, -0.1) is 0 Å². The van der Waals surface area contributed by atoms with Crippen LogP contribution >= 0.6 is 0 Å². The standard InChI is InChI=1S/C22H20F3N3O3/c1-28-12-21(30)27-17-11-15(5-7-18(17)28)26-20(29)9-13-3-2-8-31-19-10-14(22(23,24)25)4-6-16(13)19/h4-7,9-11H,2-3,8,12H2,1H3,(H,26,29)(H,27,30)/b13-9+. The van der Waals surface area contributed by atoms with Gasteiger partial charge < -0.3 is 20.3 Å². The number of ether oxygens (including phenoxy) is 1. The van der Waals surface area contributed by atoms with Gasteiger partial charge >= 0.3 is 6.18 Å². The van der Waals surface area contributed by atoms with E-state index in [1.54, 1.807) is 30.1 Å². The maximum absolute atomic E-state index is 13.0. The number of nitrogens with one attached hydrogen (secondary N) is 2. The summed E-state index contributed by atoms with van der Waals surface area (Å²) in [6.45, 7) is 0.521. The molecule has 2 heterocycles. The number of benzene rings is 2. The van der Waals surface area contributed by atoms with E-state index in [1.165, 1.54) is 12.1 Å². The van der Waals surface area contributed by atoms with E-state index in [2.05, 4.69) is 10.6 Å². The summed E-state index contributed by atoms with van der Waals surface area (Å²) in [6, 6.07) is 8.48. The average Bonchev–Trinajstić information content (AvgIpc) is 2.88. The molecule has 2 aliphatic rings. The number of hydrogen-bond acceptors (Lipinski definition) is 4. The van der Waals surface area contributed by atoms with Crippen molar-refractivity contribution in [1.82, 2.24) is 0 Å². The molecular weight excluding hydrogens is 411 g/mol. The molecule has 4 rings (SSSR count). The summed E-state index contributed by atoms with van der Waals surface area (Å²) in [4.78, 5) is 26.2. The van der Waals surface area contributed by atoms with Crippen LogP contribution in [0, 0.1) is 0 Å². The van der Waals surface area contributed by atoms with Gasteiger partial charge in [-0.1, -0.05) is 6.07 Å². The Balaban J connectivity index is 1.57. The second kappa shape index (κ2) is 7.98. The number of alkyl halides is 3. The van der Waals surface area contributed by atoms with E-state index in [-0.39, 0.29) is 24.8 Å². The maximum Gasteiger partial charge on any atom is 0.416 e. The summed E-state index contributed by atoms with van der Waals surface area (Å²) in [5.74, 6) is -0.446. The SMILES string of the molecule is CN1CC(=O)Nc2cc(NC(=O)/C=C3\CCCOc4cc(C(F)(F)F)ccc43)ccc21. The fourth-order valence-corrected chi connectivity index (χ4v) is 3.69. The van der Waals surface area contributed by atoms with Crippen LogP contribution in [-0.2, 0) is 15.8 Å². The van der Waals surface area contributed by atoms with Crippen LogP contribution in [0.3, 0.4) is 0 Å². The highest BCUT2D eigenvalue weighted by molar-refractivity contribution is 6.06. The predicted octanol–water partition coefficient (Wildman–Crippen LogP) is 4.29. The molecule has 31 heavy (non-hydrogen) atoms. The van der Waals surface area contributed by atoms with Gasteiger partial charge in [0.1, 0.15) is 5.75 Å². The Hall–Kier alpha value is -3.49. The van der Waals surface area contributed by atoms with Crippen molar-refractivity contribution in [1.29, 1.82) is 0 Å². The molecule has 0 aromatic heterocycles. The zero-order valence-corrected chi connectivity index (χ0v) is 16.7. The number of rotatable bonds is 2. The van der Waals surface area contributed by atoms with Crippen LogP contribution in [0.1, 0.15) is 24.0 Å². The van der Waals surface area contributed by atoms with Crippen LogP contribution in [0.4, 0.5) is 30.2 Å². The van der Waals surface area contributed by atoms with Crippen molar-refractivity contribution in [2.45, 2.75) is 19.0 Å². The van der Waals surface area contributed by atoms with Crippen LogP contribution in [0.25, 0.3) is 5.57 Å². The highest BCUT2D eigenvalue weighted by atomic mass is 19.4. The number of anilines is 3. The lowest BCUT2D eigenvalue weighted by atomic mass is 9.99. The number of carbonyl (C=O) groups is 2. The van der Waals surface area contributed by atoms with E-state index >= 15 is 0 Å². The fraction of sp³-hybridized carbons (Fsp3) is 0.273. The van der Waals surface area contributed by atoms with Crippen LogP contribution in [-0.4, -0.2) is 32.0 Å². The molecule has 2 aromatic rings. The molecule has 0 unspecified atom stereocenters. The third kappa shape index (κ3) is 4.50. The van der Waals surface area contributed by atoms with Gasteiger partial charge in [0.15, 0.2) is 0 Å². The molecule has 0 radical (unpaired) electrons. The van der Waals surface area contributed by atoms with E-state index in [9.17, 15) is 22.8 Å². The number of nitrogens with zero attached hydrogens (tertiary/aromatic N) is 1. The molecule has 0 aliphatic carbocycles. The molecule has 0 spiro atoms. The number of allylic oxidation sites excluding steroid dienone is 1. The first-order valence-corrected chi connectivity index (χ1v) is 9.72. The van der Waals surface area contributed by atoms with Crippen LogP contribution < -0.4 is 20.3 Å². The number of likely N-dealkylation sites (N-methyl/N-ethyl adjacent to an activating group) is 1. The van der Waals surface area contributed by atoms with E-state index < -0.39 is 17.6 Å². The van der Waals surface area contributed by atoms with Gasteiger partial charge in [-0.05, 0) is 48.7 Å². The largest absolute Gasteiger partial charge is 0.493 e. The topological polar surface area (TPSA) is 70.7 Å². The first-order chi connectivity index (χ1) is 14.7. The number of fused-ring (bicyclic) bond motifs is 2. The van der Waals surface area contributed by atoms with Gasteiger partial charge in [0, 0.05) is 24.4 Å². The molecule has 0 fully saturated rings. The summed E-state index contributed by atoms with van der Waals surface area (Å²) >= 11 is 0. The highest BCUT2D eigenvalue weighted by Crippen LogP contribution is 2.38. The lowest BCUT2D eigenvalue weighted by molar-refractivity contribution is -0.137. The normalized spacial score (nSPS) is 17.2. The molecule has 9 heteroatoms. The lowest BCUT2D eigenvalue weighted by Crippen LogP contribution is -2.35. The van der Waals surface area contributed by atoms with Crippen LogP contribution in [0.2, 0.25) is 0 Å². The zero-order valence-electron chi connectivity index (χ0n) is 16.7. The number of amides is 2. The Morgan fingerprint density at radius 2 is 2.03 bits per heavy atom. The Kier molecular flexibility index (Phi) is 5.34. The summed E-state index contributed by atoms with van der Waals surface area (Å²) < 4.78 is 44.5. The van der Waals surface area contributed by atoms with Crippen molar-refractivity contribution in [2.24, 2.45) is 0 Å². The summed E-state index contributed by atoms with van der Waals surface area (Å²) in [7, 11) is 1.80. The van der Waals surface area contributed by atoms with Gasteiger partial charge in [0.05, 0.1) is 30.1 Å². The fourth-order valence-electron chi connectivity index (χ4n) is 3.69. The molecular formula is C22H20F3N3O3. The van der Waals surface area contributed by atoms with Crippen molar-refractivity contribution in [3.63, 3.8) is 0 Å². The van der Waals surface area contributed by atoms with Crippen LogP contribution in [0.5, 0.6) is 5.75 Å². The molecule has 2 amide bonds. The van der Waals surface area contributed by atoms with Crippen molar-refractivity contribution in [3.8, 4) is 5.75 Å². The average molecular weight is 431 g/mol. The number of hydrogen-bond donors (Lipinski definition) is 2. The molecule has 162 valence electrons. The van der Waals surface area contributed by atoms with Crippen LogP contribution in [0.15, 0.2) is 42.5 Å². The Morgan fingerprint density at radius 1 is 1.23 bits per heavy atom. The minimum absolute atomic E-state index is 0.117. The highest BCUT2D eigenvalue weighted by Gasteiger charge is 2.32. The quantitative estimate of drug-likeness (QED) is 0.696.